The van der Waals surface area contributed by atoms with Crippen LogP contribution in [0.25, 0.3) is 0 Å². The van der Waals surface area contributed by atoms with Crippen molar-refractivity contribution in [3.8, 4) is 17.2 Å². The van der Waals surface area contributed by atoms with E-state index in [-0.39, 0.29) is 23.7 Å². The van der Waals surface area contributed by atoms with Crippen LogP contribution in [0.3, 0.4) is 0 Å². The molecule has 1 amide bonds. The molecule has 8 heteroatoms. The Labute approximate surface area is 144 Å². The molecule has 1 aliphatic rings. The first-order valence-electron chi connectivity index (χ1n) is 7.69. The lowest BCUT2D eigenvalue weighted by atomic mass is 9.86. The highest BCUT2D eigenvalue weighted by Crippen LogP contribution is 2.43. The smallest absolute Gasteiger partial charge is 0.256 e. The third-order valence-electron chi connectivity index (χ3n) is 4.16. The van der Waals surface area contributed by atoms with E-state index in [1.807, 2.05) is 0 Å². The Morgan fingerprint density at radius 2 is 1.72 bits per heavy atom. The van der Waals surface area contributed by atoms with Gasteiger partial charge in [0.2, 0.25) is 11.7 Å². The maximum absolute atomic E-state index is 12.5. The molecule has 1 atom stereocenters. The van der Waals surface area contributed by atoms with Gasteiger partial charge in [-0.3, -0.25) is 9.59 Å². The SMILES string of the molecule is COc1cc([C@@H]2CC(=O)Nc3nc(C)[nH]c(=O)c32)cc(OC)c1OC. The third kappa shape index (κ3) is 2.90. The second-order valence-corrected chi connectivity index (χ2v) is 5.68. The van der Waals surface area contributed by atoms with E-state index < -0.39 is 5.92 Å². The fourth-order valence-electron chi connectivity index (χ4n) is 3.07. The summed E-state index contributed by atoms with van der Waals surface area (Å²) in [6.45, 7) is 1.66. The Hall–Kier alpha value is -3.03. The molecular weight excluding hydrogens is 326 g/mol. The number of ether oxygens (including phenoxy) is 3. The fourth-order valence-corrected chi connectivity index (χ4v) is 3.07. The molecule has 1 aliphatic heterocycles. The van der Waals surface area contributed by atoms with E-state index in [0.717, 1.165) is 0 Å². The van der Waals surface area contributed by atoms with Gasteiger partial charge in [0.1, 0.15) is 11.6 Å². The molecule has 0 bridgehead atoms. The standard InChI is InChI=1S/C17H19N3O5/c1-8-18-16-14(17(22)19-8)10(7-13(21)20-16)9-5-11(23-2)15(25-4)12(6-9)24-3/h5-6,10H,7H2,1-4H3,(H2,18,19,20,21,22)/t10-/m0/s1. The number of aryl methyl sites for hydroxylation is 1. The van der Waals surface area contributed by atoms with Gasteiger partial charge in [0.05, 0.1) is 26.9 Å². The van der Waals surface area contributed by atoms with E-state index in [2.05, 4.69) is 15.3 Å². The number of fused-ring (bicyclic) bond motifs is 1. The molecule has 0 aliphatic carbocycles. The zero-order valence-corrected chi connectivity index (χ0v) is 14.4. The first kappa shape index (κ1) is 16.8. The number of carbonyl (C=O) groups is 1. The number of hydrogen-bond donors (Lipinski definition) is 2. The van der Waals surface area contributed by atoms with Gasteiger partial charge in [0, 0.05) is 12.3 Å². The molecule has 0 spiro atoms. The molecule has 2 N–H and O–H groups in total. The van der Waals surface area contributed by atoms with Gasteiger partial charge < -0.3 is 24.5 Å². The van der Waals surface area contributed by atoms with Crippen molar-refractivity contribution in [2.45, 2.75) is 19.3 Å². The summed E-state index contributed by atoms with van der Waals surface area (Å²) in [5.41, 5.74) is 0.850. The minimum absolute atomic E-state index is 0.124. The van der Waals surface area contributed by atoms with Crippen LogP contribution in [0, 0.1) is 6.92 Å². The number of methoxy groups -OCH3 is 3. The Bertz CT molecular complexity index is 865. The molecule has 0 unspecified atom stereocenters. The van der Waals surface area contributed by atoms with Gasteiger partial charge in [-0.2, -0.15) is 0 Å². The quantitative estimate of drug-likeness (QED) is 0.872. The Morgan fingerprint density at radius 1 is 1.08 bits per heavy atom. The van der Waals surface area contributed by atoms with Crippen molar-refractivity contribution >= 4 is 11.7 Å². The highest BCUT2D eigenvalue weighted by molar-refractivity contribution is 5.94. The van der Waals surface area contributed by atoms with E-state index in [0.29, 0.717) is 34.2 Å². The first-order valence-corrected chi connectivity index (χ1v) is 7.69. The molecule has 2 heterocycles. The van der Waals surface area contributed by atoms with Crippen LogP contribution in [0.5, 0.6) is 17.2 Å². The van der Waals surface area contributed by atoms with E-state index >= 15 is 0 Å². The Morgan fingerprint density at radius 3 is 2.28 bits per heavy atom. The van der Waals surface area contributed by atoms with Crippen LogP contribution in [0.15, 0.2) is 16.9 Å². The minimum atomic E-state index is -0.464. The van der Waals surface area contributed by atoms with Crippen molar-refractivity contribution < 1.29 is 19.0 Å². The van der Waals surface area contributed by atoms with Gasteiger partial charge >= 0.3 is 0 Å². The highest BCUT2D eigenvalue weighted by atomic mass is 16.5. The van der Waals surface area contributed by atoms with Crippen LogP contribution in [0.4, 0.5) is 5.82 Å². The maximum Gasteiger partial charge on any atom is 0.256 e. The number of anilines is 1. The first-order chi connectivity index (χ1) is 12.0. The topological polar surface area (TPSA) is 103 Å². The molecule has 8 nitrogen and oxygen atoms in total. The van der Waals surface area contributed by atoms with E-state index in [4.69, 9.17) is 14.2 Å². The van der Waals surface area contributed by atoms with Crippen molar-refractivity contribution in [3.63, 3.8) is 0 Å². The van der Waals surface area contributed by atoms with Crippen molar-refractivity contribution in [1.82, 2.24) is 9.97 Å². The average molecular weight is 345 g/mol. The van der Waals surface area contributed by atoms with Crippen LogP contribution in [-0.4, -0.2) is 37.2 Å². The molecular formula is C17H19N3O5. The second-order valence-electron chi connectivity index (χ2n) is 5.68. The monoisotopic (exact) mass is 345 g/mol. The van der Waals surface area contributed by atoms with Crippen LogP contribution in [-0.2, 0) is 4.79 Å². The van der Waals surface area contributed by atoms with E-state index in [1.54, 1.807) is 19.1 Å². The number of aromatic amines is 1. The zero-order chi connectivity index (χ0) is 18.1. The fraction of sp³-hybridized carbons (Fsp3) is 0.353. The molecule has 2 aromatic rings. The van der Waals surface area contributed by atoms with Gasteiger partial charge in [-0.15, -0.1) is 0 Å². The van der Waals surface area contributed by atoms with Gasteiger partial charge in [0.15, 0.2) is 11.5 Å². The lowest BCUT2D eigenvalue weighted by Crippen LogP contribution is -2.31. The number of benzene rings is 1. The summed E-state index contributed by atoms with van der Waals surface area (Å²) in [4.78, 5) is 31.5. The summed E-state index contributed by atoms with van der Waals surface area (Å²) < 4.78 is 16.1. The van der Waals surface area contributed by atoms with Crippen molar-refractivity contribution in [1.29, 1.82) is 0 Å². The summed E-state index contributed by atoms with van der Waals surface area (Å²) in [6, 6.07) is 3.49. The number of H-pyrrole nitrogens is 1. The molecule has 0 saturated heterocycles. The predicted molar refractivity (Wildman–Crippen MR) is 90.8 cm³/mol. The molecule has 0 saturated carbocycles. The van der Waals surface area contributed by atoms with E-state index in [1.165, 1.54) is 21.3 Å². The number of aromatic nitrogens is 2. The largest absolute Gasteiger partial charge is 0.493 e. The molecule has 1 aromatic heterocycles. The Kier molecular flexibility index (Phi) is 4.35. The average Bonchev–Trinajstić information content (AvgIpc) is 2.58. The van der Waals surface area contributed by atoms with Crippen LogP contribution >= 0.6 is 0 Å². The number of nitrogens with zero attached hydrogens (tertiary/aromatic N) is 1. The van der Waals surface area contributed by atoms with Crippen LogP contribution < -0.4 is 25.1 Å². The van der Waals surface area contributed by atoms with Crippen molar-refractivity contribution in [2.24, 2.45) is 0 Å². The lowest BCUT2D eigenvalue weighted by molar-refractivity contribution is -0.116. The summed E-state index contributed by atoms with van der Waals surface area (Å²) in [5, 5.41) is 2.66. The number of nitrogens with one attached hydrogen (secondary N) is 2. The van der Waals surface area contributed by atoms with Crippen LogP contribution in [0.2, 0.25) is 0 Å². The summed E-state index contributed by atoms with van der Waals surface area (Å²) in [7, 11) is 4.54. The molecule has 1 aromatic carbocycles. The highest BCUT2D eigenvalue weighted by Gasteiger charge is 2.32. The minimum Gasteiger partial charge on any atom is -0.493 e. The number of carbonyl (C=O) groups excluding carboxylic acids is 1. The summed E-state index contributed by atoms with van der Waals surface area (Å²) >= 11 is 0. The van der Waals surface area contributed by atoms with Crippen molar-refractivity contribution in [2.75, 3.05) is 26.6 Å². The summed E-state index contributed by atoms with van der Waals surface area (Å²) in [5.74, 6) is 1.43. The second kappa shape index (κ2) is 6.46. The van der Waals surface area contributed by atoms with Gasteiger partial charge in [-0.05, 0) is 24.6 Å². The molecule has 3 rings (SSSR count). The van der Waals surface area contributed by atoms with Gasteiger partial charge in [-0.1, -0.05) is 0 Å². The number of hydrogen-bond acceptors (Lipinski definition) is 6. The summed E-state index contributed by atoms with van der Waals surface area (Å²) in [6.07, 6.45) is 0.124. The third-order valence-corrected chi connectivity index (χ3v) is 4.16. The van der Waals surface area contributed by atoms with E-state index in [9.17, 15) is 9.59 Å². The number of amides is 1. The normalized spacial score (nSPS) is 16.0. The number of rotatable bonds is 4. The predicted octanol–water partition coefficient (Wildman–Crippen LogP) is 1.58. The molecule has 132 valence electrons. The van der Waals surface area contributed by atoms with Gasteiger partial charge in [-0.25, -0.2) is 4.98 Å². The molecule has 25 heavy (non-hydrogen) atoms. The zero-order valence-electron chi connectivity index (χ0n) is 14.4. The Balaban J connectivity index is 2.21. The van der Waals surface area contributed by atoms with Gasteiger partial charge in [0.25, 0.3) is 5.56 Å². The maximum atomic E-state index is 12.5. The lowest BCUT2D eigenvalue weighted by Gasteiger charge is -2.25. The molecule has 0 radical (unpaired) electrons. The van der Waals surface area contributed by atoms with Crippen LogP contribution in [0.1, 0.15) is 29.3 Å². The van der Waals surface area contributed by atoms with Crippen molar-refractivity contribution in [3.05, 3.63) is 39.4 Å². The molecule has 0 fully saturated rings.